The molecule has 8 bridgehead atoms. The van der Waals surface area contributed by atoms with E-state index in [2.05, 4.69) is 48.7 Å². The highest BCUT2D eigenvalue weighted by Gasteiger charge is 2.34. The number of aromatic nitrogens is 4. The SMILES string of the molecule is C=Cc1c(C)c2cc3nc(c(CC(=O)OC)c4[nH]c(cc5nc(cc1[nH]2)C(C)=C5CC)c(C)c4C(=O)NCC)C(CCC(=O)OC)C3C. The van der Waals surface area contributed by atoms with Crippen molar-refractivity contribution >= 4 is 57.1 Å². The number of fused-ring (bicyclic) bond motifs is 8. The minimum atomic E-state index is -0.471. The number of nitrogens with one attached hydrogen (secondary N) is 3. The summed E-state index contributed by atoms with van der Waals surface area (Å²) >= 11 is 0. The van der Waals surface area contributed by atoms with E-state index >= 15 is 0 Å². The molecule has 0 radical (unpaired) electrons. The van der Waals surface area contributed by atoms with E-state index in [1.807, 2.05) is 39.0 Å². The first-order chi connectivity index (χ1) is 23.0. The maximum atomic E-state index is 13.8. The van der Waals surface area contributed by atoms with Crippen molar-refractivity contribution in [2.45, 2.75) is 79.1 Å². The molecule has 5 heterocycles. The van der Waals surface area contributed by atoms with Crippen molar-refractivity contribution in [1.82, 2.24) is 25.3 Å². The van der Waals surface area contributed by atoms with Crippen molar-refractivity contribution < 1.29 is 23.9 Å². The summed E-state index contributed by atoms with van der Waals surface area (Å²) in [6.07, 6.45) is 3.08. The van der Waals surface area contributed by atoms with Crippen LogP contribution >= 0.6 is 0 Å². The van der Waals surface area contributed by atoms with Gasteiger partial charge in [0.05, 0.1) is 48.8 Å². The molecule has 0 fully saturated rings. The van der Waals surface area contributed by atoms with Gasteiger partial charge in [-0.3, -0.25) is 19.4 Å². The van der Waals surface area contributed by atoms with Crippen LogP contribution in [0.25, 0.3) is 39.3 Å². The third kappa shape index (κ3) is 6.19. The highest BCUT2D eigenvalue weighted by Crippen LogP contribution is 2.43. The Morgan fingerprint density at radius 2 is 1.62 bits per heavy atom. The van der Waals surface area contributed by atoms with Gasteiger partial charge in [-0.2, -0.15) is 0 Å². The van der Waals surface area contributed by atoms with Gasteiger partial charge in [0.2, 0.25) is 0 Å². The summed E-state index contributed by atoms with van der Waals surface area (Å²) in [4.78, 5) is 56.6. The first-order valence-electron chi connectivity index (χ1n) is 16.5. The lowest BCUT2D eigenvalue weighted by atomic mass is 9.85. The van der Waals surface area contributed by atoms with Gasteiger partial charge in [-0.1, -0.05) is 26.5 Å². The number of carbonyl (C=O) groups excluding carboxylic acids is 3. The number of allylic oxidation sites excluding steroid dienone is 2. The fourth-order valence-corrected chi connectivity index (χ4v) is 6.95. The number of amides is 1. The molecule has 3 aromatic rings. The fraction of sp³-hybridized carbons (Fsp3) is 0.395. The lowest BCUT2D eigenvalue weighted by molar-refractivity contribution is -0.141. The molecule has 0 saturated carbocycles. The van der Waals surface area contributed by atoms with Crippen LogP contribution in [0.3, 0.4) is 0 Å². The number of hydrogen-bond acceptors (Lipinski definition) is 7. The number of carbonyl (C=O) groups is 3. The number of nitrogens with zero attached hydrogens (tertiary/aromatic N) is 2. The summed E-state index contributed by atoms with van der Waals surface area (Å²) < 4.78 is 10.2. The first-order valence-corrected chi connectivity index (χ1v) is 16.5. The highest BCUT2D eigenvalue weighted by molar-refractivity contribution is 6.06. The van der Waals surface area contributed by atoms with Crippen LogP contribution in [-0.2, 0) is 25.5 Å². The molecule has 0 saturated heterocycles. The minimum Gasteiger partial charge on any atom is -0.469 e. The predicted octanol–water partition coefficient (Wildman–Crippen LogP) is 7.22. The predicted molar refractivity (Wildman–Crippen MR) is 189 cm³/mol. The van der Waals surface area contributed by atoms with Crippen LogP contribution in [0.5, 0.6) is 0 Å². The molecule has 0 aliphatic carbocycles. The molecule has 2 unspecified atom stereocenters. The van der Waals surface area contributed by atoms with Gasteiger partial charge >= 0.3 is 11.9 Å². The second kappa shape index (κ2) is 14.0. The zero-order valence-corrected chi connectivity index (χ0v) is 29.1. The number of methoxy groups -OCH3 is 2. The van der Waals surface area contributed by atoms with Crippen LogP contribution in [-0.4, -0.2) is 58.5 Å². The third-order valence-electron chi connectivity index (χ3n) is 9.74. The van der Waals surface area contributed by atoms with E-state index in [-0.39, 0.29) is 36.6 Å². The Balaban J connectivity index is 2.03. The second-order valence-corrected chi connectivity index (χ2v) is 12.4. The number of H-pyrrole nitrogens is 2. The molecule has 2 atom stereocenters. The first kappa shape index (κ1) is 34.3. The van der Waals surface area contributed by atoms with E-state index in [1.54, 1.807) is 0 Å². The molecule has 2 aliphatic rings. The Hall–Kier alpha value is -4.99. The zero-order chi connectivity index (χ0) is 34.9. The van der Waals surface area contributed by atoms with Crippen molar-refractivity contribution in [2.24, 2.45) is 0 Å². The number of aromatic amines is 2. The molecule has 48 heavy (non-hydrogen) atoms. The Morgan fingerprint density at radius 3 is 2.27 bits per heavy atom. The van der Waals surface area contributed by atoms with Crippen molar-refractivity contribution in [2.75, 3.05) is 20.8 Å². The molecule has 10 nitrogen and oxygen atoms in total. The lowest BCUT2D eigenvalue weighted by Crippen LogP contribution is -2.23. The normalized spacial score (nSPS) is 15.8. The third-order valence-corrected chi connectivity index (χ3v) is 9.74. The Morgan fingerprint density at radius 1 is 0.938 bits per heavy atom. The fourth-order valence-electron chi connectivity index (χ4n) is 6.95. The number of aryl methyl sites for hydroxylation is 2. The topological polar surface area (TPSA) is 139 Å². The summed E-state index contributed by atoms with van der Waals surface area (Å²) in [5, 5.41) is 2.95. The summed E-state index contributed by atoms with van der Waals surface area (Å²) in [6, 6.07) is 6.07. The van der Waals surface area contributed by atoms with E-state index in [0.717, 1.165) is 62.4 Å². The van der Waals surface area contributed by atoms with Gasteiger partial charge in [0.1, 0.15) is 0 Å². The Kier molecular flexibility index (Phi) is 10.0. The second-order valence-electron chi connectivity index (χ2n) is 12.4. The molecule has 3 N–H and O–H groups in total. The molecule has 2 aliphatic heterocycles. The quantitative estimate of drug-likeness (QED) is 0.208. The summed E-state index contributed by atoms with van der Waals surface area (Å²) in [5.74, 6) is -1.45. The largest absolute Gasteiger partial charge is 0.469 e. The van der Waals surface area contributed by atoms with Gasteiger partial charge in [-0.15, -0.1) is 0 Å². The maximum absolute atomic E-state index is 13.8. The van der Waals surface area contributed by atoms with Crippen LogP contribution < -0.4 is 5.32 Å². The molecule has 0 aromatic carbocycles. The molecular weight excluding hydrogens is 606 g/mol. The molecule has 10 heteroatoms. The smallest absolute Gasteiger partial charge is 0.310 e. The van der Waals surface area contributed by atoms with Gasteiger partial charge in [0, 0.05) is 58.2 Å². The van der Waals surface area contributed by atoms with Crippen LogP contribution in [0.1, 0.15) is 114 Å². The zero-order valence-electron chi connectivity index (χ0n) is 29.1. The molecule has 0 spiro atoms. The van der Waals surface area contributed by atoms with Gasteiger partial charge in [0.25, 0.3) is 5.91 Å². The monoisotopic (exact) mass is 651 g/mol. The number of esters is 2. The summed E-state index contributed by atoms with van der Waals surface area (Å²) in [6.45, 7) is 16.6. The Labute approximate surface area is 281 Å². The van der Waals surface area contributed by atoms with Gasteiger partial charge in [-0.25, -0.2) is 4.98 Å². The highest BCUT2D eigenvalue weighted by atomic mass is 16.5. The minimum absolute atomic E-state index is 0.126. The number of hydrogen-bond donors (Lipinski definition) is 3. The van der Waals surface area contributed by atoms with E-state index < -0.39 is 5.97 Å². The van der Waals surface area contributed by atoms with Crippen LogP contribution in [0.15, 0.2) is 24.8 Å². The average molecular weight is 652 g/mol. The molecular formula is C38H45N5O5. The van der Waals surface area contributed by atoms with Crippen LogP contribution in [0, 0.1) is 13.8 Å². The van der Waals surface area contributed by atoms with E-state index in [9.17, 15) is 14.4 Å². The van der Waals surface area contributed by atoms with Gasteiger partial charge in [-0.05, 0) is 81.0 Å². The van der Waals surface area contributed by atoms with Crippen molar-refractivity contribution in [3.63, 3.8) is 0 Å². The van der Waals surface area contributed by atoms with Crippen molar-refractivity contribution in [3.05, 3.63) is 75.4 Å². The molecule has 252 valence electrons. The molecule has 5 rings (SSSR count). The lowest BCUT2D eigenvalue weighted by Gasteiger charge is -2.18. The maximum Gasteiger partial charge on any atom is 0.310 e. The molecule has 3 aromatic heterocycles. The summed E-state index contributed by atoms with van der Waals surface area (Å²) in [7, 11) is 2.71. The van der Waals surface area contributed by atoms with E-state index in [0.29, 0.717) is 40.8 Å². The Bertz CT molecular complexity index is 2010. The average Bonchev–Trinajstić information content (AvgIpc) is 3.75. The number of rotatable bonds is 9. The standard InChI is InChI=1S/C38H45N5O5/c1-10-23-19(4)27-16-29-21(6)25(13-14-33(44)47-8)36(42-29)26(15-34(45)48-9)37-35(38(46)39-12-3)22(7)30(43-37)18-32-24(11-2)20(5)28(41-32)17-31(23)40-27/h10,16-18,21,25,40,43H,1,11-15H2,2-9H3,(H,39,46). The van der Waals surface area contributed by atoms with Crippen molar-refractivity contribution in [3.8, 4) is 0 Å². The van der Waals surface area contributed by atoms with Crippen LogP contribution in [0.2, 0.25) is 0 Å². The van der Waals surface area contributed by atoms with Crippen LogP contribution in [0.4, 0.5) is 0 Å². The van der Waals surface area contributed by atoms with Gasteiger partial charge in [0.15, 0.2) is 0 Å². The number of ether oxygens (including phenoxy) is 2. The van der Waals surface area contributed by atoms with Crippen molar-refractivity contribution in [1.29, 1.82) is 0 Å². The van der Waals surface area contributed by atoms with Gasteiger partial charge < -0.3 is 24.8 Å². The van der Waals surface area contributed by atoms with E-state index in [1.165, 1.54) is 14.2 Å². The summed E-state index contributed by atoms with van der Waals surface area (Å²) in [5.41, 5.74) is 11.9. The molecule has 1 amide bonds. The van der Waals surface area contributed by atoms with E-state index in [4.69, 9.17) is 19.4 Å².